The predicted octanol–water partition coefficient (Wildman–Crippen LogP) is 4.87. The molecular formula is C20H17F3N2O3. The standard InChI is InChI=1S/C20H17F3N2O3/c1-4-12-27-24-14(2)19(25-26-3)15-8-10-17(11-9-15)28-18-7-5-6-16(13-18)20(21,22)23/h1,5-11,13H,12H2,2-3H3. The van der Waals surface area contributed by atoms with Crippen molar-refractivity contribution in [1.29, 1.82) is 0 Å². The van der Waals surface area contributed by atoms with Crippen LogP contribution in [0.15, 0.2) is 58.8 Å². The number of hydrogen-bond donors (Lipinski definition) is 0. The predicted molar refractivity (Wildman–Crippen MR) is 99.4 cm³/mol. The SMILES string of the molecule is C#CCON=C(C)C(=NOC)c1ccc(Oc2cccc(C(F)(F)F)c2)cc1. The Morgan fingerprint density at radius 1 is 1.07 bits per heavy atom. The largest absolute Gasteiger partial charge is 0.457 e. The number of halogens is 3. The van der Waals surface area contributed by atoms with Crippen LogP contribution in [0.3, 0.4) is 0 Å². The topological polar surface area (TPSA) is 52.4 Å². The summed E-state index contributed by atoms with van der Waals surface area (Å²) in [6.45, 7) is 1.68. The van der Waals surface area contributed by atoms with Gasteiger partial charge in [-0.05, 0) is 49.4 Å². The van der Waals surface area contributed by atoms with Crippen molar-refractivity contribution in [3.05, 3.63) is 59.7 Å². The maximum atomic E-state index is 12.8. The molecule has 28 heavy (non-hydrogen) atoms. The Labute approximate surface area is 160 Å². The Hall–Kier alpha value is -3.47. The van der Waals surface area contributed by atoms with E-state index < -0.39 is 11.7 Å². The molecule has 0 saturated heterocycles. The molecule has 0 bridgehead atoms. The van der Waals surface area contributed by atoms with E-state index in [1.165, 1.54) is 19.2 Å². The fourth-order valence-corrected chi connectivity index (χ4v) is 2.18. The lowest BCUT2D eigenvalue weighted by Gasteiger charge is -2.11. The number of alkyl halides is 3. The monoisotopic (exact) mass is 390 g/mol. The maximum Gasteiger partial charge on any atom is 0.416 e. The molecule has 2 aromatic carbocycles. The number of nitrogens with zero attached hydrogens (tertiary/aromatic N) is 2. The quantitative estimate of drug-likeness (QED) is 0.293. The summed E-state index contributed by atoms with van der Waals surface area (Å²) in [6, 6.07) is 11.2. The second kappa shape index (κ2) is 9.46. The molecule has 0 fully saturated rings. The molecule has 0 aliphatic heterocycles. The van der Waals surface area contributed by atoms with E-state index in [1.54, 1.807) is 31.2 Å². The molecule has 8 heteroatoms. The van der Waals surface area contributed by atoms with Crippen LogP contribution in [0.1, 0.15) is 18.1 Å². The Morgan fingerprint density at radius 3 is 2.39 bits per heavy atom. The Kier molecular flexibility index (Phi) is 7.04. The van der Waals surface area contributed by atoms with Gasteiger partial charge in [0.1, 0.15) is 30.0 Å². The molecule has 0 unspecified atom stereocenters. The lowest BCUT2D eigenvalue weighted by Crippen LogP contribution is -2.13. The minimum atomic E-state index is -4.44. The van der Waals surface area contributed by atoms with Crippen molar-refractivity contribution in [3.8, 4) is 23.8 Å². The molecule has 0 aliphatic rings. The van der Waals surface area contributed by atoms with E-state index in [0.717, 1.165) is 12.1 Å². The molecule has 0 amide bonds. The van der Waals surface area contributed by atoms with Crippen molar-refractivity contribution in [3.63, 3.8) is 0 Å². The van der Waals surface area contributed by atoms with Gasteiger partial charge in [0.15, 0.2) is 6.61 Å². The van der Waals surface area contributed by atoms with Crippen LogP contribution in [0.4, 0.5) is 13.2 Å². The van der Waals surface area contributed by atoms with Gasteiger partial charge in [0.2, 0.25) is 0 Å². The summed E-state index contributed by atoms with van der Waals surface area (Å²) in [7, 11) is 1.39. The first kappa shape index (κ1) is 20.8. The van der Waals surface area contributed by atoms with Gasteiger partial charge in [0.05, 0.1) is 5.56 Å². The van der Waals surface area contributed by atoms with Gasteiger partial charge in [-0.25, -0.2) is 0 Å². The van der Waals surface area contributed by atoms with E-state index in [9.17, 15) is 13.2 Å². The van der Waals surface area contributed by atoms with Crippen LogP contribution < -0.4 is 4.74 Å². The molecule has 0 N–H and O–H groups in total. The molecule has 0 atom stereocenters. The summed E-state index contributed by atoms with van der Waals surface area (Å²) in [5, 5.41) is 7.77. The molecular weight excluding hydrogens is 373 g/mol. The molecule has 0 radical (unpaired) electrons. The third-order valence-electron chi connectivity index (χ3n) is 3.40. The summed E-state index contributed by atoms with van der Waals surface area (Å²) in [5.41, 5.74) is 0.701. The number of benzene rings is 2. The van der Waals surface area contributed by atoms with Crippen molar-refractivity contribution >= 4 is 11.4 Å². The van der Waals surface area contributed by atoms with Crippen molar-refractivity contribution in [2.75, 3.05) is 13.7 Å². The molecule has 0 saturated carbocycles. The summed E-state index contributed by atoms with van der Waals surface area (Å²) in [4.78, 5) is 9.76. The average molecular weight is 390 g/mol. The molecule has 2 rings (SSSR count). The zero-order valence-electron chi connectivity index (χ0n) is 15.2. The lowest BCUT2D eigenvalue weighted by atomic mass is 10.1. The van der Waals surface area contributed by atoms with E-state index >= 15 is 0 Å². The fourth-order valence-electron chi connectivity index (χ4n) is 2.18. The number of terminal acetylenes is 1. The molecule has 0 heterocycles. The van der Waals surface area contributed by atoms with Gasteiger partial charge in [-0.1, -0.05) is 22.3 Å². The third kappa shape index (κ3) is 5.77. The molecule has 146 valence electrons. The summed E-state index contributed by atoms with van der Waals surface area (Å²) >= 11 is 0. The van der Waals surface area contributed by atoms with E-state index in [2.05, 4.69) is 16.2 Å². The van der Waals surface area contributed by atoms with Crippen molar-refractivity contribution in [2.24, 2.45) is 10.3 Å². The van der Waals surface area contributed by atoms with Gasteiger partial charge in [-0.15, -0.1) is 6.42 Å². The second-order valence-electron chi connectivity index (χ2n) is 5.43. The molecule has 0 spiro atoms. The van der Waals surface area contributed by atoms with Gasteiger partial charge < -0.3 is 14.4 Å². The number of ether oxygens (including phenoxy) is 1. The highest BCUT2D eigenvalue weighted by molar-refractivity contribution is 6.47. The molecule has 0 aliphatic carbocycles. The fraction of sp³-hybridized carbons (Fsp3) is 0.200. The van der Waals surface area contributed by atoms with Crippen LogP contribution in [0.25, 0.3) is 0 Å². The third-order valence-corrected chi connectivity index (χ3v) is 3.40. The van der Waals surface area contributed by atoms with Crippen LogP contribution in [-0.4, -0.2) is 25.1 Å². The smallest absolute Gasteiger partial charge is 0.416 e. The first-order chi connectivity index (χ1) is 13.3. The minimum Gasteiger partial charge on any atom is -0.457 e. The zero-order valence-corrected chi connectivity index (χ0v) is 15.2. The Morgan fingerprint density at radius 2 is 1.79 bits per heavy atom. The van der Waals surface area contributed by atoms with Gasteiger partial charge >= 0.3 is 6.18 Å². The van der Waals surface area contributed by atoms with Gasteiger partial charge in [0, 0.05) is 5.56 Å². The Bertz CT molecular complexity index is 898. The van der Waals surface area contributed by atoms with Crippen LogP contribution in [-0.2, 0) is 15.9 Å². The lowest BCUT2D eigenvalue weighted by molar-refractivity contribution is -0.137. The van der Waals surface area contributed by atoms with Crippen LogP contribution in [0, 0.1) is 12.3 Å². The van der Waals surface area contributed by atoms with Crippen molar-refractivity contribution in [2.45, 2.75) is 13.1 Å². The first-order valence-corrected chi connectivity index (χ1v) is 8.02. The number of oxime groups is 2. The van der Waals surface area contributed by atoms with Crippen LogP contribution in [0.2, 0.25) is 0 Å². The highest BCUT2D eigenvalue weighted by Gasteiger charge is 2.30. The summed E-state index contributed by atoms with van der Waals surface area (Å²) in [5.74, 6) is 2.73. The summed E-state index contributed by atoms with van der Waals surface area (Å²) < 4.78 is 43.9. The van der Waals surface area contributed by atoms with Crippen LogP contribution >= 0.6 is 0 Å². The van der Waals surface area contributed by atoms with E-state index in [0.29, 0.717) is 22.7 Å². The number of rotatable bonds is 7. The van der Waals surface area contributed by atoms with E-state index in [-0.39, 0.29) is 12.4 Å². The maximum absolute atomic E-state index is 12.8. The minimum absolute atomic E-state index is 0.0152. The molecule has 0 aromatic heterocycles. The molecule has 2 aromatic rings. The van der Waals surface area contributed by atoms with Gasteiger partial charge in [-0.3, -0.25) is 0 Å². The highest BCUT2D eigenvalue weighted by atomic mass is 19.4. The zero-order chi connectivity index (χ0) is 20.6. The average Bonchev–Trinajstić information content (AvgIpc) is 2.66. The second-order valence-corrected chi connectivity index (χ2v) is 5.43. The van der Waals surface area contributed by atoms with Crippen molar-refractivity contribution in [1.82, 2.24) is 0 Å². The first-order valence-electron chi connectivity index (χ1n) is 8.02. The van der Waals surface area contributed by atoms with Crippen LogP contribution in [0.5, 0.6) is 11.5 Å². The normalized spacial score (nSPS) is 12.3. The highest BCUT2D eigenvalue weighted by Crippen LogP contribution is 2.32. The number of hydrogen-bond acceptors (Lipinski definition) is 5. The van der Waals surface area contributed by atoms with Gasteiger partial charge in [0.25, 0.3) is 0 Å². The van der Waals surface area contributed by atoms with Gasteiger partial charge in [-0.2, -0.15) is 13.2 Å². The molecule has 5 nitrogen and oxygen atoms in total. The summed E-state index contributed by atoms with van der Waals surface area (Å²) in [6.07, 6.45) is 0.661. The van der Waals surface area contributed by atoms with Crippen molar-refractivity contribution < 1.29 is 27.6 Å². The van der Waals surface area contributed by atoms with E-state index in [1.807, 2.05) is 0 Å². The van der Waals surface area contributed by atoms with E-state index in [4.69, 9.17) is 20.8 Å². The Balaban J connectivity index is 2.19.